The fourth-order valence-electron chi connectivity index (χ4n) is 6.70. The van der Waals surface area contributed by atoms with Crippen LogP contribution < -0.4 is 0 Å². The van der Waals surface area contributed by atoms with Gasteiger partial charge in [-0.15, -0.1) is 0 Å². The molecule has 4 aliphatic carbocycles. The van der Waals surface area contributed by atoms with Crippen molar-refractivity contribution in [3.63, 3.8) is 0 Å². The number of ketones is 1. The maximum Gasteiger partial charge on any atom is 0.155 e. The third kappa shape index (κ3) is 1.84. The highest BCUT2D eigenvalue weighted by atomic mass is 16.3. The van der Waals surface area contributed by atoms with Crippen LogP contribution in [0.1, 0.15) is 65.2 Å². The minimum absolute atomic E-state index is 0.0835. The average molecular weight is 288 g/mol. The number of carbonyl (C=O) groups is 1. The van der Waals surface area contributed by atoms with E-state index in [0.29, 0.717) is 29.5 Å². The fourth-order valence-corrected chi connectivity index (χ4v) is 6.70. The molecule has 1 unspecified atom stereocenters. The van der Waals surface area contributed by atoms with Crippen LogP contribution in [0, 0.1) is 28.6 Å². The summed E-state index contributed by atoms with van der Waals surface area (Å²) in [6.07, 6.45) is 10.7. The summed E-state index contributed by atoms with van der Waals surface area (Å²) in [5.41, 5.74) is 1.81. The lowest BCUT2D eigenvalue weighted by Crippen LogP contribution is -2.55. The normalized spacial score (nSPS) is 52.7. The molecular weight excluding hydrogens is 260 g/mol. The Morgan fingerprint density at radius 3 is 2.81 bits per heavy atom. The van der Waals surface area contributed by atoms with Crippen molar-refractivity contribution in [3.8, 4) is 0 Å². The van der Waals surface area contributed by atoms with Crippen molar-refractivity contribution in [1.29, 1.82) is 0 Å². The molecule has 0 amide bonds. The van der Waals surface area contributed by atoms with Crippen LogP contribution in [0.2, 0.25) is 0 Å². The lowest BCUT2D eigenvalue weighted by Gasteiger charge is -2.59. The number of aliphatic hydroxyl groups is 1. The average Bonchev–Trinajstić information content (AvgIpc) is 2.80. The quantitative estimate of drug-likeness (QED) is 0.734. The molecule has 21 heavy (non-hydrogen) atoms. The van der Waals surface area contributed by atoms with E-state index in [1.165, 1.54) is 31.3 Å². The molecule has 0 saturated heterocycles. The van der Waals surface area contributed by atoms with E-state index < -0.39 is 0 Å². The van der Waals surface area contributed by atoms with E-state index in [1.54, 1.807) is 0 Å². The van der Waals surface area contributed by atoms with Crippen molar-refractivity contribution in [2.24, 2.45) is 28.6 Å². The molecule has 1 N–H and O–H groups in total. The second-order valence-electron chi connectivity index (χ2n) is 8.71. The van der Waals surface area contributed by atoms with E-state index in [0.717, 1.165) is 25.2 Å². The number of rotatable bonds is 0. The molecule has 3 saturated carbocycles. The van der Waals surface area contributed by atoms with E-state index in [1.807, 2.05) is 6.08 Å². The van der Waals surface area contributed by atoms with E-state index in [-0.39, 0.29) is 11.5 Å². The molecule has 4 rings (SSSR count). The predicted molar refractivity (Wildman–Crippen MR) is 82.7 cm³/mol. The summed E-state index contributed by atoms with van der Waals surface area (Å²) in [6.45, 7) is 4.76. The van der Waals surface area contributed by atoms with Crippen LogP contribution >= 0.6 is 0 Å². The van der Waals surface area contributed by atoms with Gasteiger partial charge in [-0.25, -0.2) is 0 Å². The van der Waals surface area contributed by atoms with Crippen LogP contribution in [-0.2, 0) is 4.79 Å². The van der Waals surface area contributed by atoms with Gasteiger partial charge in [-0.1, -0.05) is 25.8 Å². The monoisotopic (exact) mass is 288 g/mol. The predicted octanol–water partition coefficient (Wildman–Crippen LogP) is 3.88. The summed E-state index contributed by atoms with van der Waals surface area (Å²) in [5.74, 6) is 2.18. The van der Waals surface area contributed by atoms with E-state index >= 15 is 0 Å². The van der Waals surface area contributed by atoms with Crippen LogP contribution in [0.15, 0.2) is 11.6 Å². The molecular formula is C19H28O2. The molecule has 4 aliphatic rings. The number of fused-ring (bicyclic) bond motifs is 5. The second-order valence-corrected chi connectivity index (χ2v) is 8.71. The molecule has 0 heterocycles. The Hall–Kier alpha value is -0.630. The number of aliphatic hydroxyl groups excluding tert-OH is 1. The van der Waals surface area contributed by atoms with Gasteiger partial charge in [-0.3, -0.25) is 4.79 Å². The number of hydrogen-bond donors (Lipinski definition) is 1. The maximum absolute atomic E-state index is 11.8. The van der Waals surface area contributed by atoms with Crippen LogP contribution in [-0.4, -0.2) is 17.0 Å². The fraction of sp³-hybridized carbons (Fsp3) is 0.842. The van der Waals surface area contributed by atoms with Gasteiger partial charge in [0.15, 0.2) is 5.78 Å². The van der Waals surface area contributed by atoms with Crippen LogP contribution in [0.5, 0.6) is 0 Å². The van der Waals surface area contributed by atoms with Gasteiger partial charge in [0.1, 0.15) is 0 Å². The highest BCUT2D eigenvalue weighted by Gasteiger charge is 2.59. The Morgan fingerprint density at radius 2 is 2.00 bits per heavy atom. The van der Waals surface area contributed by atoms with Gasteiger partial charge in [0, 0.05) is 6.42 Å². The molecule has 6 atom stereocenters. The summed E-state index contributed by atoms with van der Waals surface area (Å²) >= 11 is 0. The first-order chi connectivity index (χ1) is 9.94. The van der Waals surface area contributed by atoms with Crippen LogP contribution in [0.25, 0.3) is 0 Å². The van der Waals surface area contributed by atoms with Crippen molar-refractivity contribution in [3.05, 3.63) is 11.6 Å². The van der Waals surface area contributed by atoms with Gasteiger partial charge in [-0.05, 0) is 73.2 Å². The van der Waals surface area contributed by atoms with Crippen LogP contribution in [0.4, 0.5) is 0 Å². The summed E-state index contributed by atoms with van der Waals surface area (Å²) in [5, 5.41) is 11.0. The van der Waals surface area contributed by atoms with Crippen molar-refractivity contribution in [2.45, 2.75) is 71.3 Å². The minimum atomic E-state index is -0.170. The summed E-state index contributed by atoms with van der Waals surface area (Å²) < 4.78 is 0. The SMILES string of the molecule is C[C@@]12CCC[C@H]1[C@@H]1CCC3=CC(=O)CC[C@]3(C)[C@@H]1C(O)C2. The first kappa shape index (κ1) is 14.0. The minimum Gasteiger partial charge on any atom is -0.393 e. The Labute approximate surface area is 128 Å². The van der Waals surface area contributed by atoms with Crippen molar-refractivity contribution in [1.82, 2.24) is 0 Å². The summed E-state index contributed by atoms with van der Waals surface area (Å²) in [6, 6.07) is 0. The third-order valence-corrected chi connectivity index (χ3v) is 7.67. The molecule has 3 fully saturated rings. The molecule has 0 radical (unpaired) electrons. The molecule has 0 aromatic rings. The highest BCUT2D eigenvalue weighted by molar-refractivity contribution is 5.91. The molecule has 0 bridgehead atoms. The lowest BCUT2D eigenvalue weighted by molar-refractivity contribution is -0.127. The number of carbonyl (C=O) groups excluding carboxylic acids is 1. The molecule has 116 valence electrons. The standard InChI is InChI=1S/C19H28O2/c1-18-8-3-4-15(18)14-6-5-12-10-13(20)7-9-19(12,2)17(14)16(21)11-18/h10,14-17,21H,3-9,11H2,1-2H3/t14-,15-,16?,17-,18-,19-/m0/s1. The second kappa shape index (κ2) is 4.44. The van der Waals surface area contributed by atoms with Gasteiger partial charge in [-0.2, -0.15) is 0 Å². The van der Waals surface area contributed by atoms with Gasteiger partial charge >= 0.3 is 0 Å². The van der Waals surface area contributed by atoms with Gasteiger partial charge in [0.05, 0.1) is 6.10 Å². The van der Waals surface area contributed by atoms with Crippen molar-refractivity contribution < 1.29 is 9.90 Å². The first-order valence-corrected chi connectivity index (χ1v) is 8.86. The lowest BCUT2D eigenvalue weighted by atomic mass is 9.46. The molecule has 2 heteroatoms. The van der Waals surface area contributed by atoms with Crippen LogP contribution in [0.3, 0.4) is 0 Å². The van der Waals surface area contributed by atoms with E-state index in [9.17, 15) is 9.90 Å². The van der Waals surface area contributed by atoms with E-state index in [2.05, 4.69) is 13.8 Å². The van der Waals surface area contributed by atoms with Gasteiger partial charge in [0.2, 0.25) is 0 Å². The Morgan fingerprint density at radius 1 is 1.19 bits per heavy atom. The zero-order chi connectivity index (χ0) is 14.8. The molecule has 0 aromatic heterocycles. The smallest absolute Gasteiger partial charge is 0.155 e. The Kier molecular flexibility index (Phi) is 2.96. The maximum atomic E-state index is 11.8. The number of hydrogen-bond acceptors (Lipinski definition) is 2. The number of allylic oxidation sites excluding steroid dienone is 1. The zero-order valence-corrected chi connectivity index (χ0v) is 13.4. The topological polar surface area (TPSA) is 37.3 Å². The largest absolute Gasteiger partial charge is 0.393 e. The summed E-state index contributed by atoms with van der Waals surface area (Å²) in [7, 11) is 0. The third-order valence-electron chi connectivity index (χ3n) is 7.67. The Balaban J connectivity index is 1.74. The Bertz CT molecular complexity index is 508. The zero-order valence-electron chi connectivity index (χ0n) is 13.4. The highest BCUT2D eigenvalue weighted by Crippen LogP contribution is 2.65. The molecule has 0 aromatic carbocycles. The van der Waals surface area contributed by atoms with Gasteiger partial charge < -0.3 is 5.11 Å². The molecule has 2 nitrogen and oxygen atoms in total. The molecule has 0 aliphatic heterocycles. The van der Waals surface area contributed by atoms with Gasteiger partial charge in [0.25, 0.3) is 0 Å². The first-order valence-electron chi connectivity index (χ1n) is 8.86. The van der Waals surface area contributed by atoms with Crippen molar-refractivity contribution >= 4 is 5.78 Å². The molecule has 0 spiro atoms. The summed E-state index contributed by atoms with van der Waals surface area (Å²) in [4.78, 5) is 11.8. The van der Waals surface area contributed by atoms with Crippen molar-refractivity contribution in [2.75, 3.05) is 0 Å². The van der Waals surface area contributed by atoms with E-state index in [4.69, 9.17) is 0 Å².